The number of ether oxygens (including phenoxy) is 1. The van der Waals surface area contributed by atoms with Gasteiger partial charge in [0.2, 0.25) is 5.91 Å². The normalized spacial score (nSPS) is 10.1. The van der Waals surface area contributed by atoms with Gasteiger partial charge in [0.05, 0.1) is 12.4 Å². The number of carbonyl (C=O) groups is 2. The van der Waals surface area contributed by atoms with Crippen molar-refractivity contribution >= 4 is 23.5 Å². The number of nitrogens with one attached hydrogen (secondary N) is 1. The van der Waals surface area contributed by atoms with Crippen LogP contribution in [0.25, 0.3) is 0 Å². The maximum Gasteiger partial charge on any atom is 0.230 e. The van der Waals surface area contributed by atoms with Crippen molar-refractivity contribution in [1.29, 1.82) is 0 Å². The molecule has 0 fully saturated rings. The second-order valence-electron chi connectivity index (χ2n) is 3.72. The molecule has 18 heavy (non-hydrogen) atoms. The molecular formula is C13H17NO3S. The number of benzene rings is 1. The summed E-state index contributed by atoms with van der Waals surface area (Å²) < 4.78 is 4.84. The molecule has 1 rings (SSSR count). The van der Waals surface area contributed by atoms with E-state index in [2.05, 4.69) is 5.32 Å². The van der Waals surface area contributed by atoms with E-state index in [9.17, 15) is 9.59 Å². The molecule has 5 heteroatoms. The Balaban J connectivity index is 2.41. The number of hydrogen-bond donors (Lipinski definition) is 1. The molecule has 1 aromatic rings. The van der Waals surface area contributed by atoms with Gasteiger partial charge < -0.3 is 10.1 Å². The molecule has 0 aliphatic rings. The number of methoxy groups -OCH3 is 1. The monoisotopic (exact) mass is 267 g/mol. The van der Waals surface area contributed by atoms with Crippen molar-refractivity contribution in [2.75, 3.05) is 26.0 Å². The molecule has 0 spiro atoms. The second kappa shape index (κ2) is 7.89. The molecule has 0 atom stereocenters. The van der Waals surface area contributed by atoms with E-state index in [0.717, 1.165) is 4.90 Å². The van der Waals surface area contributed by atoms with E-state index in [1.807, 2.05) is 12.1 Å². The van der Waals surface area contributed by atoms with Crippen molar-refractivity contribution in [3.05, 3.63) is 29.8 Å². The number of hydrogen-bond acceptors (Lipinski definition) is 4. The zero-order valence-electron chi connectivity index (χ0n) is 10.6. The van der Waals surface area contributed by atoms with Gasteiger partial charge in [0.25, 0.3) is 0 Å². The number of rotatable bonds is 7. The Hall–Kier alpha value is -1.33. The summed E-state index contributed by atoms with van der Waals surface area (Å²) in [5.74, 6) is 0.331. The van der Waals surface area contributed by atoms with Crippen LogP contribution in [0.3, 0.4) is 0 Å². The van der Waals surface area contributed by atoms with E-state index in [1.54, 1.807) is 19.2 Å². The van der Waals surface area contributed by atoms with Crippen LogP contribution in [0.2, 0.25) is 0 Å². The van der Waals surface area contributed by atoms with Gasteiger partial charge in [-0.3, -0.25) is 9.59 Å². The summed E-state index contributed by atoms with van der Waals surface area (Å²) >= 11 is 1.41. The third-order valence-electron chi connectivity index (χ3n) is 2.24. The topological polar surface area (TPSA) is 55.4 Å². The van der Waals surface area contributed by atoms with Gasteiger partial charge in [-0.05, 0) is 19.1 Å². The lowest BCUT2D eigenvalue weighted by molar-refractivity contribution is -0.118. The molecular weight excluding hydrogens is 250 g/mol. The Labute approximate surface area is 111 Å². The van der Waals surface area contributed by atoms with E-state index < -0.39 is 0 Å². The minimum absolute atomic E-state index is 0.0296. The molecule has 0 aliphatic carbocycles. The van der Waals surface area contributed by atoms with Crippen LogP contribution in [0, 0.1) is 0 Å². The number of ketones is 1. The number of Topliss-reactive ketones (excluding diaryl/α,β-unsaturated/α-hetero) is 1. The van der Waals surface area contributed by atoms with Crippen LogP contribution in [0.1, 0.15) is 17.3 Å². The van der Waals surface area contributed by atoms with Gasteiger partial charge in [-0.15, -0.1) is 11.8 Å². The summed E-state index contributed by atoms with van der Waals surface area (Å²) in [7, 11) is 1.59. The molecule has 1 N–H and O–H groups in total. The minimum atomic E-state index is -0.0368. The lowest BCUT2D eigenvalue weighted by Crippen LogP contribution is -2.28. The molecule has 0 bridgehead atoms. The summed E-state index contributed by atoms with van der Waals surface area (Å²) in [6, 6.07) is 7.28. The minimum Gasteiger partial charge on any atom is -0.383 e. The van der Waals surface area contributed by atoms with Gasteiger partial charge in [0, 0.05) is 24.1 Å². The first kappa shape index (κ1) is 14.7. The van der Waals surface area contributed by atoms with E-state index in [0.29, 0.717) is 24.5 Å². The predicted octanol–water partition coefficient (Wildman–Crippen LogP) is 1.74. The molecule has 0 saturated carbocycles. The molecule has 4 nitrogen and oxygen atoms in total. The number of thioether (sulfide) groups is 1. The van der Waals surface area contributed by atoms with E-state index in [-0.39, 0.29) is 11.7 Å². The first-order valence-corrected chi connectivity index (χ1v) is 6.61. The molecule has 0 unspecified atom stereocenters. The smallest absolute Gasteiger partial charge is 0.230 e. The van der Waals surface area contributed by atoms with Crippen LogP contribution in [-0.4, -0.2) is 37.7 Å². The van der Waals surface area contributed by atoms with Gasteiger partial charge in [-0.25, -0.2) is 0 Å². The zero-order chi connectivity index (χ0) is 13.4. The maximum atomic E-state index is 11.5. The van der Waals surface area contributed by atoms with Crippen molar-refractivity contribution in [1.82, 2.24) is 5.32 Å². The molecule has 1 aromatic carbocycles. The van der Waals surface area contributed by atoms with Gasteiger partial charge >= 0.3 is 0 Å². The van der Waals surface area contributed by atoms with E-state index in [1.165, 1.54) is 18.7 Å². The Morgan fingerprint density at radius 3 is 2.83 bits per heavy atom. The summed E-state index contributed by atoms with van der Waals surface area (Å²) in [6.45, 7) is 2.56. The first-order chi connectivity index (χ1) is 8.63. The zero-order valence-corrected chi connectivity index (χ0v) is 11.4. The van der Waals surface area contributed by atoms with Gasteiger partial charge in [-0.1, -0.05) is 12.1 Å². The van der Waals surface area contributed by atoms with Crippen molar-refractivity contribution in [2.45, 2.75) is 11.8 Å². The Bertz CT molecular complexity index is 420. The highest BCUT2D eigenvalue weighted by Gasteiger charge is 2.04. The molecule has 0 radical (unpaired) electrons. The average molecular weight is 267 g/mol. The summed E-state index contributed by atoms with van der Waals surface area (Å²) in [5.41, 5.74) is 0.666. The summed E-state index contributed by atoms with van der Waals surface area (Å²) in [6.07, 6.45) is 0. The quantitative estimate of drug-likeness (QED) is 0.464. The summed E-state index contributed by atoms with van der Waals surface area (Å²) in [5, 5.41) is 2.74. The Kier molecular flexibility index (Phi) is 6.46. The van der Waals surface area contributed by atoms with Crippen LogP contribution < -0.4 is 5.32 Å². The molecule has 1 amide bonds. The Morgan fingerprint density at radius 1 is 1.39 bits per heavy atom. The predicted molar refractivity (Wildman–Crippen MR) is 72.1 cm³/mol. The van der Waals surface area contributed by atoms with Crippen LogP contribution >= 0.6 is 11.8 Å². The third-order valence-corrected chi connectivity index (χ3v) is 3.23. The third kappa shape index (κ3) is 5.33. The molecule has 98 valence electrons. The summed E-state index contributed by atoms with van der Waals surface area (Å²) in [4.78, 5) is 23.6. The largest absolute Gasteiger partial charge is 0.383 e. The fraction of sp³-hybridized carbons (Fsp3) is 0.385. The molecule has 0 aliphatic heterocycles. The fourth-order valence-electron chi connectivity index (χ4n) is 1.30. The maximum absolute atomic E-state index is 11.5. The number of carbonyl (C=O) groups excluding carboxylic acids is 2. The van der Waals surface area contributed by atoms with Gasteiger partial charge in [-0.2, -0.15) is 0 Å². The highest BCUT2D eigenvalue weighted by atomic mass is 32.2. The van der Waals surface area contributed by atoms with Gasteiger partial charge in [0.1, 0.15) is 0 Å². The van der Waals surface area contributed by atoms with E-state index >= 15 is 0 Å². The van der Waals surface area contributed by atoms with Crippen molar-refractivity contribution in [3.63, 3.8) is 0 Å². The second-order valence-corrected chi connectivity index (χ2v) is 4.76. The van der Waals surface area contributed by atoms with Crippen molar-refractivity contribution < 1.29 is 14.3 Å². The first-order valence-electron chi connectivity index (χ1n) is 5.63. The van der Waals surface area contributed by atoms with Crippen LogP contribution in [-0.2, 0) is 9.53 Å². The standard InChI is InChI=1S/C13H17NO3S/c1-10(15)11-4-3-5-12(8-11)18-9-13(16)14-6-7-17-2/h3-5,8H,6-7,9H2,1-2H3,(H,14,16). The molecule has 0 aromatic heterocycles. The van der Waals surface area contributed by atoms with Crippen molar-refractivity contribution in [3.8, 4) is 0 Å². The van der Waals surface area contributed by atoms with Crippen LogP contribution in [0.15, 0.2) is 29.2 Å². The van der Waals surface area contributed by atoms with Crippen LogP contribution in [0.5, 0.6) is 0 Å². The fourth-order valence-corrected chi connectivity index (χ4v) is 2.08. The SMILES string of the molecule is COCCNC(=O)CSc1cccc(C(C)=O)c1. The lowest BCUT2D eigenvalue weighted by atomic mass is 10.2. The van der Waals surface area contributed by atoms with Crippen LogP contribution in [0.4, 0.5) is 0 Å². The highest BCUT2D eigenvalue weighted by molar-refractivity contribution is 8.00. The average Bonchev–Trinajstić information content (AvgIpc) is 2.37. The lowest BCUT2D eigenvalue weighted by Gasteiger charge is -2.05. The van der Waals surface area contributed by atoms with Crippen molar-refractivity contribution in [2.24, 2.45) is 0 Å². The van der Waals surface area contributed by atoms with Gasteiger partial charge in [0.15, 0.2) is 5.78 Å². The molecule has 0 heterocycles. The molecule has 0 saturated heterocycles. The van der Waals surface area contributed by atoms with E-state index in [4.69, 9.17) is 4.74 Å². The number of amides is 1. The highest BCUT2D eigenvalue weighted by Crippen LogP contribution is 2.19. The Morgan fingerprint density at radius 2 is 2.17 bits per heavy atom.